The van der Waals surface area contributed by atoms with E-state index in [1.54, 1.807) is 0 Å². The summed E-state index contributed by atoms with van der Waals surface area (Å²) in [6, 6.07) is 6.15. The van der Waals surface area contributed by atoms with Crippen LogP contribution in [0.15, 0.2) is 30.6 Å². The Hall–Kier alpha value is -1.97. The Morgan fingerprint density at radius 2 is 2.00 bits per heavy atom. The number of hydrogen-bond acceptors (Lipinski definition) is 4. The Bertz CT molecular complexity index is 564. The van der Waals surface area contributed by atoms with Crippen LogP contribution < -0.4 is 5.32 Å². The van der Waals surface area contributed by atoms with E-state index < -0.39 is 0 Å². The zero-order valence-electron chi connectivity index (χ0n) is 11.8. The van der Waals surface area contributed by atoms with Gasteiger partial charge in [0.05, 0.1) is 5.69 Å². The van der Waals surface area contributed by atoms with E-state index >= 15 is 0 Å². The van der Waals surface area contributed by atoms with Crippen LogP contribution >= 0.6 is 0 Å². The van der Waals surface area contributed by atoms with Crippen LogP contribution in [0.3, 0.4) is 0 Å². The Morgan fingerprint density at radius 3 is 2.70 bits per heavy atom. The third-order valence-electron chi connectivity index (χ3n) is 3.43. The van der Waals surface area contributed by atoms with Crippen LogP contribution in [0, 0.1) is 0 Å². The van der Waals surface area contributed by atoms with E-state index in [2.05, 4.69) is 28.3 Å². The molecule has 2 aromatic heterocycles. The summed E-state index contributed by atoms with van der Waals surface area (Å²) in [6.45, 7) is 3.11. The Morgan fingerprint density at radius 1 is 1.20 bits per heavy atom. The maximum Gasteiger partial charge on any atom is 0.134 e. The molecule has 1 saturated carbocycles. The summed E-state index contributed by atoms with van der Waals surface area (Å²) in [5.74, 6) is 2.55. The van der Waals surface area contributed by atoms with Gasteiger partial charge in [0.25, 0.3) is 0 Å². The molecule has 1 aliphatic rings. The number of nitrogens with zero attached hydrogens (tertiary/aromatic N) is 3. The Balaban J connectivity index is 1.83. The first-order valence-corrected chi connectivity index (χ1v) is 7.36. The third-order valence-corrected chi connectivity index (χ3v) is 3.43. The van der Waals surface area contributed by atoms with Crippen molar-refractivity contribution in [3.05, 3.63) is 47.7 Å². The molecule has 0 unspecified atom stereocenters. The van der Waals surface area contributed by atoms with Crippen LogP contribution in [0.1, 0.15) is 49.2 Å². The summed E-state index contributed by atoms with van der Waals surface area (Å²) in [7, 11) is 0. The molecule has 104 valence electrons. The maximum atomic E-state index is 4.73. The Labute approximate surface area is 119 Å². The molecule has 2 aromatic rings. The van der Waals surface area contributed by atoms with Gasteiger partial charge >= 0.3 is 0 Å². The van der Waals surface area contributed by atoms with Gasteiger partial charge in [-0.3, -0.25) is 4.98 Å². The van der Waals surface area contributed by atoms with Crippen LogP contribution in [0.4, 0.5) is 5.82 Å². The molecule has 0 radical (unpaired) electrons. The average molecular weight is 268 g/mol. The molecule has 2 heterocycles. The number of anilines is 1. The second-order valence-corrected chi connectivity index (χ2v) is 5.34. The third kappa shape index (κ3) is 3.32. The van der Waals surface area contributed by atoms with E-state index in [9.17, 15) is 0 Å². The standard InChI is InChI=1S/C16H20N4/c1-2-7-18-15-11-14(10-12-5-8-17-9-6-12)19-16(20-15)13-3-4-13/h5-6,8-9,11,13H,2-4,7,10H2,1H3,(H,18,19,20). The minimum Gasteiger partial charge on any atom is -0.370 e. The van der Waals surface area contributed by atoms with E-state index in [1.165, 1.54) is 18.4 Å². The van der Waals surface area contributed by atoms with Crippen molar-refractivity contribution in [3.8, 4) is 0 Å². The fraction of sp³-hybridized carbons (Fsp3) is 0.438. The highest BCUT2D eigenvalue weighted by Crippen LogP contribution is 2.38. The maximum absolute atomic E-state index is 4.73. The zero-order chi connectivity index (χ0) is 13.8. The molecular weight excluding hydrogens is 248 g/mol. The van der Waals surface area contributed by atoms with Crippen LogP contribution in [-0.2, 0) is 6.42 Å². The van der Waals surface area contributed by atoms with Gasteiger partial charge < -0.3 is 5.32 Å². The van der Waals surface area contributed by atoms with Crippen molar-refractivity contribution in [2.75, 3.05) is 11.9 Å². The second-order valence-electron chi connectivity index (χ2n) is 5.34. The molecule has 20 heavy (non-hydrogen) atoms. The lowest BCUT2D eigenvalue weighted by atomic mass is 10.1. The lowest BCUT2D eigenvalue weighted by molar-refractivity contribution is 0.877. The molecule has 0 atom stereocenters. The molecule has 0 aliphatic heterocycles. The van der Waals surface area contributed by atoms with Crippen molar-refractivity contribution < 1.29 is 0 Å². The van der Waals surface area contributed by atoms with Gasteiger partial charge in [0, 0.05) is 37.3 Å². The van der Waals surface area contributed by atoms with Crippen molar-refractivity contribution in [3.63, 3.8) is 0 Å². The molecule has 0 amide bonds. The molecule has 0 aromatic carbocycles. The van der Waals surface area contributed by atoms with E-state index in [1.807, 2.05) is 24.5 Å². The van der Waals surface area contributed by atoms with E-state index in [0.29, 0.717) is 5.92 Å². The van der Waals surface area contributed by atoms with E-state index in [4.69, 9.17) is 4.98 Å². The van der Waals surface area contributed by atoms with Gasteiger partial charge in [-0.2, -0.15) is 0 Å². The fourth-order valence-corrected chi connectivity index (χ4v) is 2.19. The quantitative estimate of drug-likeness (QED) is 0.874. The van der Waals surface area contributed by atoms with Crippen molar-refractivity contribution in [2.24, 2.45) is 0 Å². The predicted octanol–water partition coefficient (Wildman–Crippen LogP) is 3.16. The first kappa shape index (κ1) is 13.0. The Kier molecular flexibility index (Phi) is 3.90. The molecule has 1 aliphatic carbocycles. The summed E-state index contributed by atoms with van der Waals surface area (Å²) in [5.41, 5.74) is 2.33. The van der Waals surface area contributed by atoms with Crippen LogP contribution in [0.25, 0.3) is 0 Å². The van der Waals surface area contributed by atoms with Gasteiger partial charge in [0.1, 0.15) is 11.6 Å². The van der Waals surface area contributed by atoms with E-state index in [0.717, 1.165) is 36.7 Å². The zero-order valence-corrected chi connectivity index (χ0v) is 11.8. The van der Waals surface area contributed by atoms with Gasteiger partial charge in [0.15, 0.2) is 0 Å². The number of aromatic nitrogens is 3. The summed E-state index contributed by atoms with van der Waals surface area (Å²) in [6.07, 6.45) is 8.05. The van der Waals surface area contributed by atoms with Gasteiger partial charge in [-0.15, -0.1) is 0 Å². The highest BCUT2D eigenvalue weighted by atomic mass is 15.0. The minimum absolute atomic E-state index is 0.578. The number of pyridine rings is 1. The monoisotopic (exact) mass is 268 g/mol. The van der Waals surface area contributed by atoms with Crippen LogP contribution in [0.5, 0.6) is 0 Å². The average Bonchev–Trinajstić information content (AvgIpc) is 3.31. The molecule has 1 N–H and O–H groups in total. The lowest BCUT2D eigenvalue weighted by Gasteiger charge is -2.09. The minimum atomic E-state index is 0.578. The summed E-state index contributed by atoms with van der Waals surface area (Å²) in [4.78, 5) is 13.4. The number of rotatable bonds is 6. The van der Waals surface area contributed by atoms with Crippen molar-refractivity contribution in [1.82, 2.24) is 15.0 Å². The molecule has 0 saturated heterocycles. The lowest BCUT2D eigenvalue weighted by Crippen LogP contribution is -2.07. The topological polar surface area (TPSA) is 50.7 Å². The summed E-state index contributed by atoms with van der Waals surface area (Å²) >= 11 is 0. The van der Waals surface area contributed by atoms with Crippen molar-refractivity contribution in [1.29, 1.82) is 0 Å². The molecule has 4 nitrogen and oxygen atoms in total. The largest absolute Gasteiger partial charge is 0.370 e. The van der Waals surface area contributed by atoms with Crippen LogP contribution in [0.2, 0.25) is 0 Å². The normalized spacial score (nSPS) is 14.2. The summed E-state index contributed by atoms with van der Waals surface area (Å²) < 4.78 is 0. The highest BCUT2D eigenvalue weighted by Gasteiger charge is 2.27. The molecule has 0 bridgehead atoms. The first-order valence-electron chi connectivity index (χ1n) is 7.36. The molecule has 1 fully saturated rings. The van der Waals surface area contributed by atoms with Gasteiger partial charge in [-0.05, 0) is 37.0 Å². The number of nitrogens with one attached hydrogen (secondary N) is 1. The van der Waals surface area contributed by atoms with Gasteiger partial charge in [0.2, 0.25) is 0 Å². The smallest absolute Gasteiger partial charge is 0.134 e. The van der Waals surface area contributed by atoms with E-state index in [-0.39, 0.29) is 0 Å². The molecule has 4 heteroatoms. The second kappa shape index (κ2) is 5.99. The van der Waals surface area contributed by atoms with Gasteiger partial charge in [-0.1, -0.05) is 6.92 Å². The van der Waals surface area contributed by atoms with Gasteiger partial charge in [-0.25, -0.2) is 9.97 Å². The SMILES string of the molecule is CCCNc1cc(Cc2ccncc2)nc(C2CC2)n1. The first-order chi connectivity index (χ1) is 9.85. The molecule has 0 spiro atoms. The fourth-order valence-electron chi connectivity index (χ4n) is 2.19. The highest BCUT2D eigenvalue weighted by molar-refractivity contribution is 5.38. The van der Waals surface area contributed by atoms with Crippen molar-refractivity contribution >= 4 is 5.82 Å². The molecular formula is C16H20N4. The summed E-state index contributed by atoms with van der Waals surface area (Å²) in [5, 5.41) is 3.38. The predicted molar refractivity (Wildman–Crippen MR) is 79.8 cm³/mol. The van der Waals surface area contributed by atoms with Crippen LogP contribution in [-0.4, -0.2) is 21.5 Å². The molecule has 3 rings (SSSR count). The number of hydrogen-bond donors (Lipinski definition) is 1. The van der Waals surface area contributed by atoms with Crippen molar-refractivity contribution in [2.45, 2.75) is 38.5 Å².